The van der Waals surface area contributed by atoms with Gasteiger partial charge in [-0.05, 0) is 24.8 Å². The predicted octanol–water partition coefficient (Wildman–Crippen LogP) is 1.98. The standard InChI is InChI=1S/C15H19F3N2O6/c1-8-2-5-11(20-23)19-13(21)12(8)10-4-3-9(26-10)6-24-14(22)25-7-15(16,17)18/h2,5,8-10,12,23H,3-4,6-7H2,1H3,(H,19,20,21)/t8?,9-,10+,12?/m0/s1. The molecule has 0 saturated carbocycles. The number of oxime groups is 1. The molecule has 0 bridgehead atoms. The molecular weight excluding hydrogens is 361 g/mol. The third kappa shape index (κ3) is 5.61. The van der Waals surface area contributed by atoms with Crippen molar-refractivity contribution in [2.75, 3.05) is 13.2 Å². The number of alkyl halides is 3. The maximum Gasteiger partial charge on any atom is 0.508 e. The molecule has 1 fully saturated rings. The van der Waals surface area contributed by atoms with E-state index in [-0.39, 0.29) is 24.3 Å². The smallest absolute Gasteiger partial charge is 0.432 e. The Bertz CT molecular complexity index is 592. The van der Waals surface area contributed by atoms with Crippen molar-refractivity contribution in [1.82, 2.24) is 5.32 Å². The van der Waals surface area contributed by atoms with Crippen LogP contribution in [0.2, 0.25) is 0 Å². The van der Waals surface area contributed by atoms with Crippen molar-refractivity contribution >= 4 is 17.9 Å². The largest absolute Gasteiger partial charge is 0.508 e. The maximum atomic E-state index is 12.3. The zero-order valence-corrected chi connectivity index (χ0v) is 13.9. The van der Waals surface area contributed by atoms with Crippen LogP contribution in [0.15, 0.2) is 17.3 Å². The first kappa shape index (κ1) is 20.0. The molecule has 2 heterocycles. The zero-order valence-electron chi connectivity index (χ0n) is 13.9. The van der Waals surface area contributed by atoms with Crippen molar-refractivity contribution in [2.45, 2.75) is 38.1 Å². The lowest BCUT2D eigenvalue weighted by atomic mass is 9.87. The summed E-state index contributed by atoms with van der Waals surface area (Å²) in [5.74, 6) is -1.09. The highest BCUT2D eigenvalue weighted by Crippen LogP contribution is 2.31. The number of nitrogens with zero attached hydrogens (tertiary/aromatic N) is 1. The summed E-state index contributed by atoms with van der Waals surface area (Å²) in [5.41, 5.74) is 0. The van der Waals surface area contributed by atoms with Crippen LogP contribution >= 0.6 is 0 Å². The normalized spacial score (nSPS) is 30.8. The molecule has 2 rings (SSSR count). The van der Waals surface area contributed by atoms with E-state index in [0.717, 1.165) is 0 Å². The molecule has 1 saturated heterocycles. The molecule has 0 radical (unpaired) electrons. The third-order valence-electron chi connectivity index (χ3n) is 4.07. The van der Waals surface area contributed by atoms with Crippen LogP contribution in [-0.4, -0.2) is 54.7 Å². The van der Waals surface area contributed by atoms with Gasteiger partial charge in [-0.3, -0.25) is 4.79 Å². The molecular formula is C15H19F3N2O6. The van der Waals surface area contributed by atoms with Crippen LogP contribution in [0.5, 0.6) is 0 Å². The minimum Gasteiger partial charge on any atom is -0.432 e. The minimum atomic E-state index is -4.62. The predicted molar refractivity (Wildman–Crippen MR) is 80.4 cm³/mol. The molecule has 0 aromatic heterocycles. The zero-order chi connectivity index (χ0) is 19.3. The molecule has 0 spiro atoms. The van der Waals surface area contributed by atoms with Gasteiger partial charge in [0.05, 0.1) is 18.1 Å². The molecule has 8 nitrogen and oxygen atoms in total. The van der Waals surface area contributed by atoms with E-state index < -0.39 is 37.1 Å². The molecule has 1 amide bonds. The number of hydrogen-bond donors (Lipinski definition) is 2. The summed E-state index contributed by atoms with van der Waals surface area (Å²) >= 11 is 0. The summed E-state index contributed by atoms with van der Waals surface area (Å²) in [6.07, 6.45) is -2.90. The maximum absolute atomic E-state index is 12.3. The number of halogens is 3. The van der Waals surface area contributed by atoms with Gasteiger partial charge in [-0.1, -0.05) is 18.2 Å². The Hall–Kier alpha value is -2.30. The summed E-state index contributed by atoms with van der Waals surface area (Å²) in [5, 5.41) is 14.2. The molecule has 0 aliphatic carbocycles. The van der Waals surface area contributed by atoms with Gasteiger partial charge in [0.1, 0.15) is 6.61 Å². The second-order valence-electron chi connectivity index (χ2n) is 6.06. The quantitative estimate of drug-likeness (QED) is 0.439. The summed E-state index contributed by atoms with van der Waals surface area (Å²) in [4.78, 5) is 23.4. The average molecular weight is 380 g/mol. The monoisotopic (exact) mass is 380 g/mol. The first-order valence-corrected chi connectivity index (χ1v) is 7.92. The number of amidine groups is 1. The van der Waals surface area contributed by atoms with E-state index >= 15 is 0 Å². The summed E-state index contributed by atoms with van der Waals surface area (Å²) in [6.45, 7) is -0.182. The lowest BCUT2D eigenvalue weighted by Gasteiger charge is -2.25. The van der Waals surface area contributed by atoms with Crippen LogP contribution in [0.3, 0.4) is 0 Å². The van der Waals surface area contributed by atoms with Gasteiger partial charge in [0.2, 0.25) is 5.91 Å². The van der Waals surface area contributed by atoms with E-state index in [1.54, 1.807) is 6.08 Å². The molecule has 2 aliphatic rings. The molecule has 2 N–H and O–H groups in total. The fourth-order valence-electron chi connectivity index (χ4n) is 2.88. The van der Waals surface area contributed by atoms with Gasteiger partial charge in [0.15, 0.2) is 12.4 Å². The molecule has 0 aromatic rings. The molecule has 11 heteroatoms. The van der Waals surface area contributed by atoms with Gasteiger partial charge in [-0.15, -0.1) is 0 Å². The van der Waals surface area contributed by atoms with Gasteiger partial charge in [0, 0.05) is 0 Å². The number of allylic oxidation sites excluding steroid dienone is 1. The number of carbonyl (C=O) groups excluding carboxylic acids is 2. The molecule has 26 heavy (non-hydrogen) atoms. The Morgan fingerprint density at radius 2 is 2.15 bits per heavy atom. The first-order chi connectivity index (χ1) is 12.2. The summed E-state index contributed by atoms with van der Waals surface area (Å²) in [6, 6.07) is 0. The molecule has 146 valence electrons. The van der Waals surface area contributed by atoms with Crippen LogP contribution in [0.25, 0.3) is 0 Å². The average Bonchev–Trinajstić information content (AvgIpc) is 2.97. The molecule has 0 aromatic carbocycles. The van der Waals surface area contributed by atoms with Crippen LogP contribution < -0.4 is 5.32 Å². The van der Waals surface area contributed by atoms with Gasteiger partial charge in [-0.2, -0.15) is 13.2 Å². The van der Waals surface area contributed by atoms with Crippen LogP contribution in [-0.2, 0) is 19.0 Å². The first-order valence-electron chi connectivity index (χ1n) is 7.92. The van der Waals surface area contributed by atoms with Gasteiger partial charge in [0.25, 0.3) is 0 Å². The molecule has 2 unspecified atom stereocenters. The highest BCUT2D eigenvalue weighted by molar-refractivity contribution is 6.05. The number of amides is 1. The Morgan fingerprint density at radius 3 is 2.81 bits per heavy atom. The Kier molecular flexibility index (Phi) is 6.46. The topological polar surface area (TPSA) is 106 Å². The summed E-state index contributed by atoms with van der Waals surface area (Å²) in [7, 11) is 0. The van der Waals surface area contributed by atoms with Gasteiger partial charge < -0.3 is 24.7 Å². The Labute approximate surface area is 147 Å². The Morgan fingerprint density at radius 1 is 1.42 bits per heavy atom. The SMILES string of the molecule is CC1C=CC(=NO)NC(=O)C1[C@H]1CC[C@@H](COC(=O)OCC(F)(F)F)O1. The minimum absolute atomic E-state index is 0.0228. The third-order valence-corrected chi connectivity index (χ3v) is 4.07. The summed E-state index contributed by atoms with van der Waals surface area (Å²) < 4.78 is 50.1. The number of nitrogens with one attached hydrogen (secondary N) is 1. The highest BCUT2D eigenvalue weighted by Gasteiger charge is 2.40. The van der Waals surface area contributed by atoms with Crippen LogP contribution in [0.4, 0.5) is 18.0 Å². The van der Waals surface area contributed by atoms with Gasteiger partial charge in [-0.25, -0.2) is 4.79 Å². The van der Waals surface area contributed by atoms with Crippen molar-refractivity contribution in [2.24, 2.45) is 17.0 Å². The second-order valence-corrected chi connectivity index (χ2v) is 6.06. The van der Waals surface area contributed by atoms with E-state index in [4.69, 9.17) is 9.94 Å². The van der Waals surface area contributed by atoms with Crippen molar-refractivity contribution in [3.8, 4) is 0 Å². The fraction of sp³-hybridized carbons (Fsp3) is 0.667. The van der Waals surface area contributed by atoms with E-state index in [9.17, 15) is 22.8 Å². The number of ether oxygens (including phenoxy) is 3. The fourth-order valence-corrected chi connectivity index (χ4v) is 2.88. The number of carbonyl (C=O) groups is 2. The van der Waals surface area contributed by atoms with E-state index in [0.29, 0.717) is 12.8 Å². The van der Waals surface area contributed by atoms with E-state index in [1.165, 1.54) is 6.08 Å². The number of hydrogen-bond acceptors (Lipinski definition) is 7. The second kappa shape index (κ2) is 8.39. The van der Waals surface area contributed by atoms with Gasteiger partial charge >= 0.3 is 12.3 Å². The van der Waals surface area contributed by atoms with E-state index in [1.807, 2.05) is 6.92 Å². The van der Waals surface area contributed by atoms with Crippen molar-refractivity contribution < 1.29 is 42.2 Å². The highest BCUT2D eigenvalue weighted by atomic mass is 19.4. The Balaban J connectivity index is 1.83. The van der Waals surface area contributed by atoms with Crippen molar-refractivity contribution in [3.63, 3.8) is 0 Å². The molecule has 2 aliphatic heterocycles. The molecule has 4 atom stereocenters. The van der Waals surface area contributed by atoms with E-state index in [2.05, 4.69) is 19.9 Å². The van der Waals surface area contributed by atoms with Crippen LogP contribution in [0.1, 0.15) is 19.8 Å². The lowest BCUT2D eigenvalue weighted by molar-refractivity contribution is -0.166. The van der Waals surface area contributed by atoms with Crippen molar-refractivity contribution in [3.05, 3.63) is 12.2 Å². The van der Waals surface area contributed by atoms with Crippen LogP contribution in [0, 0.1) is 11.8 Å². The number of rotatable bonds is 4. The van der Waals surface area contributed by atoms with Crippen molar-refractivity contribution in [1.29, 1.82) is 0 Å². The lowest BCUT2D eigenvalue weighted by Crippen LogP contribution is -2.41.